The van der Waals surface area contributed by atoms with Crippen LogP contribution >= 0.6 is 0 Å². The molecule has 0 spiro atoms. The molecule has 0 aliphatic carbocycles. The van der Waals surface area contributed by atoms with Crippen LogP contribution in [0.2, 0.25) is 0 Å². The predicted molar refractivity (Wildman–Crippen MR) is 74.7 cm³/mol. The molecular formula is C12H14N6O2. The van der Waals surface area contributed by atoms with Crippen LogP contribution in [0.25, 0.3) is 0 Å². The third-order valence-corrected chi connectivity index (χ3v) is 2.70. The molecular weight excluding hydrogens is 260 g/mol. The van der Waals surface area contributed by atoms with Crippen molar-refractivity contribution >= 4 is 17.3 Å². The summed E-state index contributed by atoms with van der Waals surface area (Å²) in [6.07, 6.45) is 5.43. The normalized spacial score (nSPS) is 10.1. The van der Waals surface area contributed by atoms with Gasteiger partial charge in [-0.25, -0.2) is 9.97 Å². The number of nitrogens with one attached hydrogen (secondary N) is 2. The maximum absolute atomic E-state index is 11.1. The van der Waals surface area contributed by atoms with E-state index in [9.17, 15) is 10.1 Å². The summed E-state index contributed by atoms with van der Waals surface area (Å²) in [5.74, 6) is 0.403. The van der Waals surface area contributed by atoms with Crippen molar-refractivity contribution in [2.24, 2.45) is 0 Å². The van der Waals surface area contributed by atoms with Crippen molar-refractivity contribution in [1.29, 1.82) is 0 Å². The van der Waals surface area contributed by atoms with E-state index >= 15 is 0 Å². The average molecular weight is 274 g/mol. The highest BCUT2D eigenvalue weighted by atomic mass is 16.6. The number of aromatic nitrogens is 3. The van der Waals surface area contributed by atoms with Crippen LogP contribution in [0.4, 0.5) is 17.3 Å². The van der Waals surface area contributed by atoms with Gasteiger partial charge in [0, 0.05) is 26.0 Å². The quantitative estimate of drug-likeness (QED) is 0.607. The maximum atomic E-state index is 11.1. The predicted octanol–water partition coefficient (Wildman–Crippen LogP) is 1.48. The van der Waals surface area contributed by atoms with E-state index in [1.54, 1.807) is 19.4 Å². The number of pyridine rings is 1. The summed E-state index contributed by atoms with van der Waals surface area (Å²) in [7, 11) is 1.58. The standard InChI is InChI=1S/C12H14N6O2/c1-13-11-10(18(19)20)12(17-8-16-11)15-7-4-9-2-5-14-6-3-9/h2-3,5-6,8H,4,7H2,1H3,(H2,13,15,16,17). The number of anilines is 2. The van der Waals surface area contributed by atoms with Crippen molar-refractivity contribution in [3.63, 3.8) is 0 Å². The van der Waals surface area contributed by atoms with E-state index in [-0.39, 0.29) is 17.3 Å². The van der Waals surface area contributed by atoms with Crippen molar-refractivity contribution in [2.75, 3.05) is 24.2 Å². The maximum Gasteiger partial charge on any atom is 0.353 e. The van der Waals surface area contributed by atoms with E-state index in [2.05, 4.69) is 25.6 Å². The van der Waals surface area contributed by atoms with Crippen molar-refractivity contribution in [3.8, 4) is 0 Å². The minimum absolute atomic E-state index is 0.148. The lowest BCUT2D eigenvalue weighted by atomic mass is 10.2. The summed E-state index contributed by atoms with van der Waals surface area (Å²) in [6.45, 7) is 0.533. The Labute approximate surface area is 115 Å². The Kier molecular flexibility index (Phi) is 4.38. The summed E-state index contributed by atoms with van der Waals surface area (Å²) in [6, 6.07) is 3.80. The Morgan fingerprint density at radius 1 is 1.25 bits per heavy atom. The second kappa shape index (κ2) is 6.41. The molecule has 8 nitrogen and oxygen atoms in total. The number of hydrogen-bond donors (Lipinski definition) is 2. The highest BCUT2D eigenvalue weighted by Crippen LogP contribution is 2.28. The fourth-order valence-electron chi connectivity index (χ4n) is 1.74. The Hall–Kier alpha value is -2.77. The molecule has 0 fully saturated rings. The summed E-state index contributed by atoms with van der Waals surface area (Å²) in [5.41, 5.74) is 0.947. The van der Waals surface area contributed by atoms with Gasteiger partial charge in [-0.3, -0.25) is 15.1 Å². The topological polar surface area (TPSA) is 106 Å². The van der Waals surface area contributed by atoms with Gasteiger partial charge >= 0.3 is 5.69 Å². The molecule has 0 amide bonds. The molecule has 2 rings (SSSR count). The van der Waals surface area contributed by atoms with Crippen LogP contribution in [0.3, 0.4) is 0 Å². The molecule has 0 aliphatic heterocycles. The Morgan fingerprint density at radius 3 is 2.60 bits per heavy atom. The van der Waals surface area contributed by atoms with Crippen LogP contribution in [0.1, 0.15) is 5.56 Å². The van der Waals surface area contributed by atoms with Gasteiger partial charge in [0.05, 0.1) is 4.92 Å². The third kappa shape index (κ3) is 3.16. The van der Waals surface area contributed by atoms with Gasteiger partial charge < -0.3 is 10.6 Å². The SMILES string of the molecule is CNc1ncnc(NCCc2ccncc2)c1[N+](=O)[O-]. The van der Waals surface area contributed by atoms with Crippen molar-refractivity contribution < 1.29 is 4.92 Å². The molecule has 2 N–H and O–H groups in total. The monoisotopic (exact) mass is 274 g/mol. The van der Waals surface area contributed by atoms with Crippen LogP contribution in [-0.4, -0.2) is 33.5 Å². The van der Waals surface area contributed by atoms with Gasteiger partial charge in [0.15, 0.2) is 0 Å². The minimum atomic E-state index is -0.499. The van der Waals surface area contributed by atoms with Crippen LogP contribution in [0.5, 0.6) is 0 Å². The molecule has 2 heterocycles. The van der Waals surface area contributed by atoms with Crippen molar-refractivity contribution in [2.45, 2.75) is 6.42 Å². The molecule has 0 saturated carbocycles. The van der Waals surface area contributed by atoms with Crippen LogP contribution in [0.15, 0.2) is 30.9 Å². The second-order valence-corrected chi connectivity index (χ2v) is 3.96. The van der Waals surface area contributed by atoms with E-state index in [1.165, 1.54) is 6.33 Å². The van der Waals surface area contributed by atoms with Gasteiger partial charge in [-0.05, 0) is 24.1 Å². The van der Waals surface area contributed by atoms with Gasteiger partial charge in [0.2, 0.25) is 11.6 Å². The zero-order valence-electron chi connectivity index (χ0n) is 10.9. The Morgan fingerprint density at radius 2 is 1.95 bits per heavy atom. The first-order valence-electron chi connectivity index (χ1n) is 6.02. The Balaban J connectivity index is 2.08. The molecule has 0 aromatic carbocycles. The lowest BCUT2D eigenvalue weighted by Gasteiger charge is -2.08. The van der Waals surface area contributed by atoms with Crippen LogP contribution < -0.4 is 10.6 Å². The van der Waals surface area contributed by atoms with Crippen LogP contribution in [-0.2, 0) is 6.42 Å². The molecule has 2 aromatic rings. The molecule has 104 valence electrons. The summed E-state index contributed by atoms with van der Waals surface area (Å²) in [5, 5.41) is 16.7. The zero-order valence-corrected chi connectivity index (χ0v) is 10.9. The number of hydrogen-bond acceptors (Lipinski definition) is 7. The van der Waals surface area contributed by atoms with Crippen LogP contribution in [0, 0.1) is 10.1 Å². The number of rotatable bonds is 6. The zero-order chi connectivity index (χ0) is 14.4. The Bertz CT molecular complexity index is 590. The molecule has 20 heavy (non-hydrogen) atoms. The highest BCUT2D eigenvalue weighted by Gasteiger charge is 2.21. The molecule has 0 unspecified atom stereocenters. The lowest BCUT2D eigenvalue weighted by molar-refractivity contribution is -0.383. The molecule has 0 saturated heterocycles. The molecule has 8 heteroatoms. The number of nitrogens with zero attached hydrogens (tertiary/aromatic N) is 4. The largest absolute Gasteiger partial charge is 0.367 e. The van der Waals surface area contributed by atoms with E-state index < -0.39 is 4.92 Å². The van der Waals surface area contributed by atoms with Gasteiger partial charge in [-0.15, -0.1) is 0 Å². The first-order valence-corrected chi connectivity index (χ1v) is 6.02. The molecule has 2 aromatic heterocycles. The van der Waals surface area contributed by atoms with E-state index in [1.807, 2.05) is 12.1 Å². The first-order chi connectivity index (χ1) is 9.72. The van der Waals surface area contributed by atoms with E-state index in [0.29, 0.717) is 6.54 Å². The first kappa shape index (κ1) is 13.7. The van der Waals surface area contributed by atoms with E-state index in [4.69, 9.17) is 0 Å². The fourth-order valence-corrected chi connectivity index (χ4v) is 1.74. The van der Waals surface area contributed by atoms with Gasteiger partial charge in [0.25, 0.3) is 0 Å². The fraction of sp³-hybridized carbons (Fsp3) is 0.250. The molecule has 0 bridgehead atoms. The van der Waals surface area contributed by atoms with Crippen molar-refractivity contribution in [3.05, 3.63) is 46.5 Å². The van der Waals surface area contributed by atoms with Gasteiger partial charge in [0.1, 0.15) is 6.33 Å². The third-order valence-electron chi connectivity index (χ3n) is 2.70. The van der Waals surface area contributed by atoms with Crippen molar-refractivity contribution in [1.82, 2.24) is 15.0 Å². The molecule has 0 radical (unpaired) electrons. The molecule has 0 atom stereocenters. The average Bonchev–Trinajstić information content (AvgIpc) is 2.47. The molecule has 0 aliphatic rings. The van der Waals surface area contributed by atoms with Gasteiger partial charge in [-0.2, -0.15) is 0 Å². The summed E-state index contributed by atoms with van der Waals surface area (Å²) < 4.78 is 0. The summed E-state index contributed by atoms with van der Waals surface area (Å²) >= 11 is 0. The summed E-state index contributed by atoms with van der Waals surface area (Å²) in [4.78, 5) is 22.3. The smallest absolute Gasteiger partial charge is 0.353 e. The lowest BCUT2D eigenvalue weighted by Crippen LogP contribution is -2.10. The minimum Gasteiger partial charge on any atom is -0.367 e. The highest BCUT2D eigenvalue weighted by molar-refractivity contribution is 5.68. The van der Waals surface area contributed by atoms with Gasteiger partial charge in [-0.1, -0.05) is 0 Å². The van der Waals surface area contributed by atoms with E-state index in [0.717, 1.165) is 12.0 Å². The number of nitro groups is 1. The second-order valence-electron chi connectivity index (χ2n) is 3.96.